The smallest absolute Gasteiger partial charge is 0.271 e. The number of carbonyl (C=O) groups excluding carboxylic acids is 2. The van der Waals surface area contributed by atoms with Gasteiger partial charge in [-0.3, -0.25) is 20.4 Å². The number of amides is 2. The first-order valence-electron chi connectivity index (χ1n) is 7.04. The molecule has 0 aliphatic rings. The van der Waals surface area contributed by atoms with Crippen LogP contribution in [0.4, 0.5) is 4.39 Å². The van der Waals surface area contributed by atoms with E-state index in [1.807, 2.05) is 24.3 Å². The SMILES string of the molecule is O=C(Cc1ccccc1F)NNC(=O)c1c[nH]c2ccccc12. The first kappa shape index (κ1) is 14.8. The molecule has 0 saturated heterocycles. The molecule has 116 valence electrons. The maximum absolute atomic E-state index is 13.5. The Balaban J connectivity index is 1.63. The zero-order valence-electron chi connectivity index (χ0n) is 12.1. The first-order chi connectivity index (χ1) is 11.1. The van der Waals surface area contributed by atoms with E-state index in [1.165, 1.54) is 12.1 Å². The number of hydrazine groups is 1. The van der Waals surface area contributed by atoms with E-state index in [2.05, 4.69) is 15.8 Å². The van der Waals surface area contributed by atoms with Crippen LogP contribution in [0.3, 0.4) is 0 Å². The number of rotatable bonds is 3. The van der Waals surface area contributed by atoms with E-state index in [1.54, 1.807) is 18.3 Å². The molecule has 3 aromatic rings. The van der Waals surface area contributed by atoms with Crippen LogP contribution in [0.15, 0.2) is 54.7 Å². The summed E-state index contributed by atoms with van der Waals surface area (Å²) in [6.07, 6.45) is 1.42. The second-order valence-corrected chi connectivity index (χ2v) is 5.02. The number of para-hydroxylation sites is 1. The molecular weight excluding hydrogens is 297 g/mol. The van der Waals surface area contributed by atoms with Crippen molar-refractivity contribution < 1.29 is 14.0 Å². The number of benzene rings is 2. The van der Waals surface area contributed by atoms with E-state index in [9.17, 15) is 14.0 Å². The van der Waals surface area contributed by atoms with Gasteiger partial charge in [0, 0.05) is 17.1 Å². The predicted octanol–water partition coefficient (Wildman–Crippen LogP) is 2.31. The number of aromatic nitrogens is 1. The van der Waals surface area contributed by atoms with Crippen LogP contribution in [-0.2, 0) is 11.2 Å². The summed E-state index contributed by atoms with van der Waals surface area (Å²) in [4.78, 5) is 26.9. The van der Waals surface area contributed by atoms with Crippen LogP contribution in [0.5, 0.6) is 0 Å². The van der Waals surface area contributed by atoms with Crippen LogP contribution < -0.4 is 10.9 Å². The second-order valence-electron chi connectivity index (χ2n) is 5.02. The Labute approximate surface area is 131 Å². The van der Waals surface area contributed by atoms with Gasteiger partial charge in [0.1, 0.15) is 5.82 Å². The van der Waals surface area contributed by atoms with Gasteiger partial charge in [-0.15, -0.1) is 0 Å². The van der Waals surface area contributed by atoms with E-state index in [-0.39, 0.29) is 12.0 Å². The van der Waals surface area contributed by atoms with Gasteiger partial charge in [0.2, 0.25) is 5.91 Å². The summed E-state index contributed by atoms with van der Waals surface area (Å²) in [5.74, 6) is -1.39. The standard InChI is InChI=1S/C17H14FN3O2/c18-14-7-3-1-5-11(14)9-16(22)20-21-17(23)13-10-19-15-8-4-2-6-12(13)15/h1-8,10,19H,9H2,(H,20,22)(H,21,23). The van der Waals surface area contributed by atoms with Crippen molar-refractivity contribution in [1.82, 2.24) is 15.8 Å². The van der Waals surface area contributed by atoms with Crippen molar-refractivity contribution >= 4 is 22.7 Å². The molecule has 0 radical (unpaired) electrons. The number of H-pyrrole nitrogens is 1. The number of hydrogen-bond acceptors (Lipinski definition) is 2. The minimum atomic E-state index is -0.497. The molecule has 0 saturated carbocycles. The highest BCUT2D eigenvalue weighted by Gasteiger charge is 2.13. The van der Waals surface area contributed by atoms with E-state index < -0.39 is 17.6 Å². The first-order valence-corrected chi connectivity index (χ1v) is 7.04. The van der Waals surface area contributed by atoms with Crippen LogP contribution in [-0.4, -0.2) is 16.8 Å². The average Bonchev–Trinajstić information content (AvgIpc) is 2.99. The topological polar surface area (TPSA) is 74.0 Å². The largest absolute Gasteiger partial charge is 0.360 e. The minimum absolute atomic E-state index is 0.152. The van der Waals surface area contributed by atoms with E-state index >= 15 is 0 Å². The van der Waals surface area contributed by atoms with Gasteiger partial charge in [-0.05, 0) is 17.7 Å². The zero-order valence-corrected chi connectivity index (χ0v) is 12.1. The van der Waals surface area contributed by atoms with Gasteiger partial charge in [0.25, 0.3) is 5.91 Å². The fourth-order valence-corrected chi connectivity index (χ4v) is 2.31. The van der Waals surface area contributed by atoms with Gasteiger partial charge in [-0.1, -0.05) is 36.4 Å². The molecule has 0 aliphatic heterocycles. The fourth-order valence-electron chi connectivity index (χ4n) is 2.31. The highest BCUT2D eigenvalue weighted by atomic mass is 19.1. The third-order valence-corrected chi connectivity index (χ3v) is 3.46. The molecular formula is C17H14FN3O2. The summed E-state index contributed by atoms with van der Waals surface area (Å²) in [7, 11) is 0. The van der Waals surface area contributed by atoms with Crippen molar-refractivity contribution in [3.8, 4) is 0 Å². The van der Waals surface area contributed by atoms with Crippen molar-refractivity contribution in [3.63, 3.8) is 0 Å². The van der Waals surface area contributed by atoms with Gasteiger partial charge in [-0.25, -0.2) is 4.39 Å². The lowest BCUT2D eigenvalue weighted by atomic mass is 10.1. The Kier molecular flexibility index (Phi) is 4.05. The number of halogens is 1. The Morgan fingerprint density at radius 3 is 2.57 bits per heavy atom. The monoisotopic (exact) mass is 311 g/mol. The summed E-state index contributed by atoms with van der Waals surface area (Å²) in [6, 6.07) is 13.3. The Morgan fingerprint density at radius 1 is 1.00 bits per heavy atom. The van der Waals surface area contributed by atoms with Gasteiger partial charge in [-0.2, -0.15) is 0 Å². The second kappa shape index (κ2) is 6.31. The molecule has 1 aromatic heterocycles. The summed E-state index contributed by atoms with van der Waals surface area (Å²) in [5, 5.41) is 0.758. The molecule has 3 rings (SSSR count). The lowest BCUT2D eigenvalue weighted by molar-refractivity contribution is -0.121. The van der Waals surface area contributed by atoms with E-state index in [0.717, 1.165) is 10.9 Å². The molecule has 0 spiro atoms. The fraction of sp³-hybridized carbons (Fsp3) is 0.0588. The molecule has 1 heterocycles. The molecule has 0 aliphatic carbocycles. The molecule has 0 fully saturated rings. The number of hydrogen-bond donors (Lipinski definition) is 3. The average molecular weight is 311 g/mol. The Bertz CT molecular complexity index is 873. The van der Waals surface area contributed by atoms with Crippen LogP contribution in [0.1, 0.15) is 15.9 Å². The predicted molar refractivity (Wildman–Crippen MR) is 84.0 cm³/mol. The number of nitrogens with one attached hydrogen (secondary N) is 3. The van der Waals surface area contributed by atoms with Crippen molar-refractivity contribution in [2.45, 2.75) is 6.42 Å². The highest BCUT2D eigenvalue weighted by Crippen LogP contribution is 2.17. The van der Waals surface area contributed by atoms with Crippen LogP contribution in [0, 0.1) is 5.82 Å². The Morgan fingerprint density at radius 2 is 1.74 bits per heavy atom. The molecule has 23 heavy (non-hydrogen) atoms. The van der Waals surface area contributed by atoms with Crippen LogP contribution >= 0.6 is 0 Å². The quantitative estimate of drug-likeness (QED) is 0.649. The minimum Gasteiger partial charge on any atom is -0.360 e. The van der Waals surface area contributed by atoms with Crippen molar-refractivity contribution in [2.75, 3.05) is 0 Å². The zero-order chi connectivity index (χ0) is 16.2. The van der Waals surface area contributed by atoms with Gasteiger partial charge < -0.3 is 4.98 Å². The van der Waals surface area contributed by atoms with Crippen LogP contribution in [0.2, 0.25) is 0 Å². The molecule has 0 unspecified atom stereocenters. The molecule has 6 heteroatoms. The molecule has 2 amide bonds. The molecule has 0 atom stereocenters. The van der Waals surface area contributed by atoms with Crippen molar-refractivity contribution in [1.29, 1.82) is 0 Å². The molecule has 2 aromatic carbocycles. The van der Waals surface area contributed by atoms with Crippen molar-refractivity contribution in [3.05, 3.63) is 71.7 Å². The lowest BCUT2D eigenvalue weighted by Crippen LogP contribution is -2.42. The molecule has 5 nitrogen and oxygen atoms in total. The van der Waals surface area contributed by atoms with Crippen LogP contribution in [0.25, 0.3) is 10.9 Å². The summed E-state index contributed by atoms with van der Waals surface area (Å²) < 4.78 is 13.5. The summed E-state index contributed by atoms with van der Waals surface area (Å²) >= 11 is 0. The van der Waals surface area contributed by atoms with Crippen molar-refractivity contribution in [2.24, 2.45) is 0 Å². The van der Waals surface area contributed by atoms with E-state index in [4.69, 9.17) is 0 Å². The molecule has 3 N–H and O–H groups in total. The lowest BCUT2D eigenvalue weighted by Gasteiger charge is -2.07. The third-order valence-electron chi connectivity index (χ3n) is 3.46. The van der Waals surface area contributed by atoms with E-state index in [0.29, 0.717) is 5.56 Å². The summed E-state index contributed by atoms with van der Waals surface area (Å²) in [5.41, 5.74) is 6.15. The van der Waals surface area contributed by atoms with Gasteiger partial charge in [0.15, 0.2) is 0 Å². The number of aromatic amines is 1. The maximum atomic E-state index is 13.5. The van der Waals surface area contributed by atoms with Gasteiger partial charge >= 0.3 is 0 Å². The molecule has 0 bridgehead atoms. The maximum Gasteiger partial charge on any atom is 0.271 e. The van der Waals surface area contributed by atoms with Gasteiger partial charge in [0.05, 0.1) is 12.0 Å². The Hall–Kier alpha value is -3.15. The third kappa shape index (κ3) is 3.21. The summed E-state index contributed by atoms with van der Waals surface area (Å²) in [6.45, 7) is 0. The highest BCUT2D eigenvalue weighted by molar-refractivity contribution is 6.07. The number of carbonyl (C=O) groups is 2. The number of fused-ring (bicyclic) bond motifs is 1. The normalized spacial score (nSPS) is 10.5.